The zero-order chi connectivity index (χ0) is 19.4. The average Bonchev–Trinajstić information content (AvgIpc) is 2.74. The maximum absolute atomic E-state index is 12.5. The number of rotatable bonds is 5. The second-order valence-electron chi connectivity index (χ2n) is 7.00. The van der Waals surface area contributed by atoms with Gasteiger partial charge >= 0.3 is 0 Å². The minimum atomic E-state index is -3.70. The molecule has 3 aromatic rings. The molecule has 28 heavy (non-hydrogen) atoms. The van der Waals surface area contributed by atoms with Crippen LogP contribution in [0, 0.1) is 0 Å². The summed E-state index contributed by atoms with van der Waals surface area (Å²) in [5.74, 6) is 0. The molecule has 144 valence electrons. The first kappa shape index (κ1) is 18.5. The molecule has 1 saturated heterocycles. The van der Waals surface area contributed by atoms with Crippen molar-refractivity contribution in [3.8, 4) is 0 Å². The predicted molar refractivity (Wildman–Crippen MR) is 114 cm³/mol. The van der Waals surface area contributed by atoms with Gasteiger partial charge in [-0.3, -0.25) is 0 Å². The van der Waals surface area contributed by atoms with Crippen LogP contribution in [0.25, 0.3) is 10.8 Å². The van der Waals surface area contributed by atoms with Gasteiger partial charge in [-0.05, 0) is 59.9 Å². The van der Waals surface area contributed by atoms with E-state index in [4.69, 9.17) is 0 Å². The van der Waals surface area contributed by atoms with Crippen LogP contribution in [0.5, 0.6) is 0 Å². The van der Waals surface area contributed by atoms with Crippen molar-refractivity contribution in [3.05, 3.63) is 72.3 Å². The van der Waals surface area contributed by atoms with E-state index in [1.807, 2.05) is 36.4 Å². The van der Waals surface area contributed by atoms with Gasteiger partial charge in [0.2, 0.25) is 0 Å². The molecule has 0 atom stereocenters. The van der Waals surface area contributed by atoms with E-state index in [0.717, 1.165) is 29.4 Å². The summed E-state index contributed by atoms with van der Waals surface area (Å²) in [6.07, 6.45) is 5.30. The Kier molecular flexibility index (Phi) is 5.30. The van der Waals surface area contributed by atoms with Gasteiger partial charge in [0.1, 0.15) is 0 Å². The predicted octanol–water partition coefficient (Wildman–Crippen LogP) is 4.14. The third kappa shape index (κ3) is 4.17. The molecule has 1 heterocycles. The summed E-state index contributed by atoms with van der Waals surface area (Å²) < 4.78 is 25.0. The molecule has 0 unspecified atom stereocenters. The quantitative estimate of drug-likeness (QED) is 0.523. The van der Waals surface area contributed by atoms with Gasteiger partial charge in [0.15, 0.2) is 0 Å². The highest BCUT2D eigenvalue weighted by Gasteiger charge is 2.13. The van der Waals surface area contributed by atoms with E-state index in [-0.39, 0.29) is 4.90 Å². The molecule has 0 amide bonds. The Morgan fingerprint density at radius 2 is 1.57 bits per heavy atom. The Bertz CT molecular complexity index is 1090. The Labute approximate surface area is 165 Å². The summed E-state index contributed by atoms with van der Waals surface area (Å²) in [6, 6.07) is 20.7. The van der Waals surface area contributed by atoms with Gasteiger partial charge in [-0.25, -0.2) is 4.83 Å². The van der Waals surface area contributed by atoms with E-state index < -0.39 is 10.0 Å². The lowest BCUT2D eigenvalue weighted by atomic mass is 10.1. The second-order valence-corrected chi connectivity index (χ2v) is 8.66. The zero-order valence-corrected chi connectivity index (χ0v) is 16.4. The first-order valence-electron chi connectivity index (χ1n) is 9.50. The third-order valence-electron chi connectivity index (χ3n) is 5.03. The first-order valence-corrected chi connectivity index (χ1v) is 11.0. The van der Waals surface area contributed by atoms with Gasteiger partial charge in [0.25, 0.3) is 10.0 Å². The standard InChI is InChI=1S/C22H23N3O2S/c26-28(27,22-13-10-19-6-2-3-7-20(19)16-22)24-23-17-18-8-11-21(12-9-18)25-14-4-1-5-15-25/h2-3,6-13,16-17,24H,1,4-5,14-15H2/b23-17-. The van der Waals surface area contributed by atoms with E-state index in [0.29, 0.717) is 0 Å². The number of benzene rings is 3. The van der Waals surface area contributed by atoms with Crippen molar-refractivity contribution in [2.45, 2.75) is 24.2 Å². The Hall–Kier alpha value is -2.86. The van der Waals surface area contributed by atoms with Crippen LogP contribution >= 0.6 is 0 Å². The maximum Gasteiger partial charge on any atom is 0.276 e. The molecule has 0 radical (unpaired) electrons. The van der Waals surface area contributed by atoms with Crippen molar-refractivity contribution in [2.75, 3.05) is 18.0 Å². The van der Waals surface area contributed by atoms with Crippen LogP contribution in [-0.4, -0.2) is 27.7 Å². The van der Waals surface area contributed by atoms with Crippen LogP contribution in [-0.2, 0) is 10.0 Å². The number of nitrogens with zero attached hydrogens (tertiary/aromatic N) is 2. The van der Waals surface area contributed by atoms with Crippen LogP contribution in [0.3, 0.4) is 0 Å². The van der Waals surface area contributed by atoms with Crippen LogP contribution in [0.15, 0.2) is 76.7 Å². The van der Waals surface area contributed by atoms with Crippen LogP contribution < -0.4 is 9.73 Å². The summed E-state index contributed by atoms with van der Waals surface area (Å²) in [5.41, 5.74) is 2.05. The van der Waals surface area contributed by atoms with Gasteiger partial charge in [-0.2, -0.15) is 13.5 Å². The van der Waals surface area contributed by atoms with Gasteiger partial charge in [0, 0.05) is 18.8 Å². The molecule has 1 N–H and O–H groups in total. The molecule has 1 aliphatic heterocycles. The highest BCUT2D eigenvalue weighted by Crippen LogP contribution is 2.20. The van der Waals surface area contributed by atoms with Crippen molar-refractivity contribution >= 4 is 32.7 Å². The largest absolute Gasteiger partial charge is 0.372 e. The van der Waals surface area contributed by atoms with Crippen molar-refractivity contribution in [3.63, 3.8) is 0 Å². The number of anilines is 1. The fraction of sp³-hybridized carbons (Fsp3) is 0.227. The summed E-state index contributed by atoms with van der Waals surface area (Å²) >= 11 is 0. The smallest absolute Gasteiger partial charge is 0.276 e. The monoisotopic (exact) mass is 393 g/mol. The fourth-order valence-corrected chi connectivity index (χ4v) is 4.31. The first-order chi connectivity index (χ1) is 13.6. The summed E-state index contributed by atoms with van der Waals surface area (Å²) in [7, 11) is -3.70. The number of hydrazone groups is 1. The average molecular weight is 394 g/mol. The van der Waals surface area contributed by atoms with E-state index in [1.54, 1.807) is 18.2 Å². The van der Waals surface area contributed by atoms with Crippen LogP contribution in [0.2, 0.25) is 0 Å². The van der Waals surface area contributed by atoms with E-state index in [1.165, 1.54) is 31.2 Å². The molecular weight excluding hydrogens is 370 g/mol. The normalized spacial score (nSPS) is 15.2. The number of hydrogen-bond donors (Lipinski definition) is 1. The number of fused-ring (bicyclic) bond motifs is 1. The number of sulfonamides is 1. The Morgan fingerprint density at radius 1 is 0.857 bits per heavy atom. The third-order valence-corrected chi connectivity index (χ3v) is 6.25. The zero-order valence-electron chi connectivity index (χ0n) is 15.6. The molecule has 0 aromatic heterocycles. The number of hydrogen-bond acceptors (Lipinski definition) is 4. The van der Waals surface area contributed by atoms with E-state index >= 15 is 0 Å². The van der Waals surface area contributed by atoms with Gasteiger partial charge < -0.3 is 4.90 Å². The molecule has 1 aliphatic rings. The minimum Gasteiger partial charge on any atom is -0.372 e. The second kappa shape index (κ2) is 8.02. The fourth-order valence-electron chi connectivity index (χ4n) is 3.48. The van der Waals surface area contributed by atoms with Crippen molar-refractivity contribution in [2.24, 2.45) is 5.10 Å². The lowest BCUT2D eigenvalue weighted by Gasteiger charge is -2.28. The molecule has 1 fully saturated rings. The van der Waals surface area contributed by atoms with Gasteiger partial charge in [-0.15, -0.1) is 0 Å². The molecular formula is C22H23N3O2S. The Balaban J connectivity index is 1.44. The molecule has 0 saturated carbocycles. The van der Waals surface area contributed by atoms with E-state index in [9.17, 15) is 8.42 Å². The number of piperidine rings is 1. The topological polar surface area (TPSA) is 61.8 Å². The van der Waals surface area contributed by atoms with Crippen molar-refractivity contribution in [1.29, 1.82) is 0 Å². The Morgan fingerprint density at radius 3 is 2.32 bits per heavy atom. The van der Waals surface area contributed by atoms with Crippen LogP contribution in [0.1, 0.15) is 24.8 Å². The molecule has 0 bridgehead atoms. The minimum absolute atomic E-state index is 0.198. The van der Waals surface area contributed by atoms with Gasteiger partial charge in [-0.1, -0.05) is 42.5 Å². The summed E-state index contributed by atoms with van der Waals surface area (Å²) in [5, 5.41) is 5.81. The maximum atomic E-state index is 12.5. The molecule has 3 aromatic carbocycles. The van der Waals surface area contributed by atoms with Crippen LogP contribution in [0.4, 0.5) is 5.69 Å². The highest BCUT2D eigenvalue weighted by molar-refractivity contribution is 7.89. The van der Waals surface area contributed by atoms with Crippen molar-refractivity contribution in [1.82, 2.24) is 4.83 Å². The molecule has 5 nitrogen and oxygen atoms in total. The number of nitrogens with one attached hydrogen (secondary N) is 1. The molecule has 0 spiro atoms. The molecule has 0 aliphatic carbocycles. The molecule has 6 heteroatoms. The van der Waals surface area contributed by atoms with E-state index in [2.05, 4.69) is 27.0 Å². The molecule has 4 rings (SSSR count). The SMILES string of the molecule is O=S(=O)(N/N=C\c1ccc(N2CCCCC2)cc1)c1ccc2ccccc2c1. The summed E-state index contributed by atoms with van der Waals surface area (Å²) in [6.45, 7) is 2.19. The van der Waals surface area contributed by atoms with Crippen molar-refractivity contribution < 1.29 is 8.42 Å². The summed E-state index contributed by atoms with van der Waals surface area (Å²) in [4.78, 5) is 4.88. The van der Waals surface area contributed by atoms with Gasteiger partial charge in [0.05, 0.1) is 11.1 Å². The highest BCUT2D eigenvalue weighted by atomic mass is 32.2. The lowest BCUT2D eigenvalue weighted by Crippen LogP contribution is -2.29. The lowest BCUT2D eigenvalue weighted by molar-refractivity contribution is 0.578.